The van der Waals surface area contributed by atoms with Crippen LogP contribution in [0.4, 0.5) is 0 Å². The van der Waals surface area contributed by atoms with Gasteiger partial charge >= 0.3 is 0 Å². The van der Waals surface area contributed by atoms with Gasteiger partial charge in [-0.3, -0.25) is 4.90 Å². The van der Waals surface area contributed by atoms with Gasteiger partial charge in [0.25, 0.3) is 0 Å². The van der Waals surface area contributed by atoms with Gasteiger partial charge in [-0.15, -0.1) is 0 Å². The van der Waals surface area contributed by atoms with E-state index in [1.165, 1.54) is 62.0 Å². The van der Waals surface area contributed by atoms with Crippen molar-refractivity contribution in [3.8, 4) is 0 Å². The highest BCUT2D eigenvalue weighted by molar-refractivity contribution is 5.32. The van der Waals surface area contributed by atoms with Crippen LogP contribution in [-0.4, -0.2) is 30.6 Å². The van der Waals surface area contributed by atoms with Crippen LogP contribution >= 0.6 is 0 Å². The third-order valence-corrected chi connectivity index (χ3v) is 5.34. The van der Waals surface area contributed by atoms with Crippen LogP contribution in [0.1, 0.15) is 55.3 Å². The number of rotatable bonds is 5. The first-order valence-corrected chi connectivity index (χ1v) is 8.68. The molecule has 3 rings (SSSR count). The molecule has 1 atom stereocenters. The fourth-order valence-electron chi connectivity index (χ4n) is 3.64. The lowest BCUT2D eigenvalue weighted by Crippen LogP contribution is -2.43. The molecule has 1 unspecified atom stereocenters. The van der Waals surface area contributed by atoms with Crippen LogP contribution in [0.15, 0.2) is 18.2 Å². The molecular formula is C19H30N2. The zero-order valence-electron chi connectivity index (χ0n) is 13.9. The van der Waals surface area contributed by atoms with Gasteiger partial charge in [0.2, 0.25) is 0 Å². The van der Waals surface area contributed by atoms with Crippen molar-refractivity contribution in [1.82, 2.24) is 10.2 Å². The summed E-state index contributed by atoms with van der Waals surface area (Å²) in [6.45, 7) is 10.5. The first-order chi connectivity index (χ1) is 10.1. The van der Waals surface area contributed by atoms with Gasteiger partial charge in [0.05, 0.1) is 0 Å². The molecule has 1 saturated carbocycles. The lowest BCUT2D eigenvalue weighted by atomic mass is 9.96. The minimum Gasteiger partial charge on any atom is -0.314 e. The van der Waals surface area contributed by atoms with Crippen molar-refractivity contribution in [3.05, 3.63) is 34.9 Å². The molecule has 1 aliphatic heterocycles. The van der Waals surface area contributed by atoms with Crippen LogP contribution in [-0.2, 0) is 0 Å². The predicted octanol–water partition coefficient (Wildman–Crippen LogP) is 3.83. The topological polar surface area (TPSA) is 15.3 Å². The van der Waals surface area contributed by atoms with E-state index in [9.17, 15) is 0 Å². The van der Waals surface area contributed by atoms with Crippen molar-refractivity contribution in [2.24, 2.45) is 5.92 Å². The van der Waals surface area contributed by atoms with E-state index < -0.39 is 0 Å². The molecule has 2 nitrogen and oxygen atoms in total. The number of aryl methyl sites for hydroxylation is 2. The lowest BCUT2D eigenvalue weighted by Gasteiger charge is -2.37. The van der Waals surface area contributed by atoms with Gasteiger partial charge in [0.1, 0.15) is 0 Å². The van der Waals surface area contributed by atoms with Crippen LogP contribution in [0.3, 0.4) is 0 Å². The molecule has 1 aromatic rings. The van der Waals surface area contributed by atoms with Crippen LogP contribution < -0.4 is 5.32 Å². The van der Waals surface area contributed by atoms with Gasteiger partial charge in [0.15, 0.2) is 0 Å². The van der Waals surface area contributed by atoms with E-state index >= 15 is 0 Å². The molecule has 21 heavy (non-hydrogen) atoms. The average Bonchev–Trinajstić information content (AvgIpc) is 3.29. The molecular weight excluding hydrogens is 256 g/mol. The number of nitrogens with one attached hydrogen (secondary N) is 1. The van der Waals surface area contributed by atoms with E-state index in [-0.39, 0.29) is 0 Å². The molecule has 2 aliphatic rings. The van der Waals surface area contributed by atoms with E-state index in [1.807, 2.05) is 0 Å². The Morgan fingerprint density at radius 2 is 1.86 bits per heavy atom. The van der Waals surface area contributed by atoms with Gasteiger partial charge < -0.3 is 5.32 Å². The van der Waals surface area contributed by atoms with Gasteiger partial charge in [-0.2, -0.15) is 0 Å². The maximum Gasteiger partial charge on any atom is 0.0322 e. The predicted molar refractivity (Wildman–Crippen MR) is 89.7 cm³/mol. The van der Waals surface area contributed by atoms with Crippen LogP contribution in [0.25, 0.3) is 0 Å². The van der Waals surface area contributed by atoms with Crippen LogP contribution in [0.5, 0.6) is 0 Å². The van der Waals surface area contributed by atoms with Gasteiger partial charge in [-0.25, -0.2) is 0 Å². The van der Waals surface area contributed by atoms with E-state index in [0.29, 0.717) is 6.04 Å². The first-order valence-electron chi connectivity index (χ1n) is 8.68. The summed E-state index contributed by atoms with van der Waals surface area (Å²) >= 11 is 0. The summed E-state index contributed by atoms with van der Waals surface area (Å²) in [6, 6.07) is 8.20. The Labute approximate surface area is 129 Å². The van der Waals surface area contributed by atoms with E-state index in [1.54, 1.807) is 0 Å². The van der Waals surface area contributed by atoms with Crippen molar-refractivity contribution in [2.75, 3.05) is 19.6 Å². The van der Waals surface area contributed by atoms with Crippen molar-refractivity contribution >= 4 is 0 Å². The second kappa shape index (κ2) is 6.50. The molecule has 0 amide bonds. The Bertz CT molecular complexity index is 470. The SMILES string of the molecule is Cc1ccc(C(C)N2CCC(NCC3CC3)CC2)c(C)c1. The normalized spacial score (nSPS) is 22.4. The second-order valence-electron chi connectivity index (χ2n) is 7.20. The van der Waals surface area contributed by atoms with Crippen molar-refractivity contribution < 1.29 is 0 Å². The van der Waals surface area contributed by atoms with Crippen LogP contribution in [0.2, 0.25) is 0 Å². The summed E-state index contributed by atoms with van der Waals surface area (Å²) in [5.74, 6) is 0.997. The standard InChI is InChI=1S/C19H30N2/c1-14-4-7-19(15(2)12-14)16(3)21-10-8-18(9-11-21)20-13-17-5-6-17/h4,7,12,16-18,20H,5-6,8-11,13H2,1-3H3. The van der Waals surface area contributed by atoms with Crippen molar-refractivity contribution in [3.63, 3.8) is 0 Å². The summed E-state index contributed by atoms with van der Waals surface area (Å²) in [4.78, 5) is 2.66. The molecule has 0 radical (unpaired) electrons. The molecule has 1 N–H and O–H groups in total. The van der Waals surface area contributed by atoms with Crippen molar-refractivity contribution in [1.29, 1.82) is 0 Å². The minimum absolute atomic E-state index is 0.551. The molecule has 1 heterocycles. The van der Waals surface area contributed by atoms with E-state index in [0.717, 1.165) is 12.0 Å². The summed E-state index contributed by atoms with van der Waals surface area (Å²) in [5.41, 5.74) is 4.31. The Morgan fingerprint density at radius 1 is 1.14 bits per heavy atom. The van der Waals surface area contributed by atoms with Gasteiger partial charge in [0, 0.05) is 25.2 Å². The number of piperidine rings is 1. The summed E-state index contributed by atoms with van der Waals surface area (Å²) in [7, 11) is 0. The zero-order valence-corrected chi connectivity index (χ0v) is 13.9. The molecule has 2 heteroatoms. The summed E-state index contributed by atoms with van der Waals surface area (Å²) in [5, 5.41) is 3.77. The lowest BCUT2D eigenvalue weighted by molar-refractivity contribution is 0.152. The van der Waals surface area contributed by atoms with Crippen molar-refractivity contribution in [2.45, 2.75) is 58.5 Å². The average molecular weight is 286 g/mol. The Hall–Kier alpha value is -0.860. The Kier molecular flexibility index (Phi) is 4.66. The highest BCUT2D eigenvalue weighted by atomic mass is 15.2. The molecule has 116 valence electrons. The Balaban J connectivity index is 1.52. The smallest absolute Gasteiger partial charge is 0.0322 e. The largest absolute Gasteiger partial charge is 0.314 e. The molecule has 1 saturated heterocycles. The molecule has 0 spiro atoms. The summed E-state index contributed by atoms with van der Waals surface area (Å²) < 4.78 is 0. The Morgan fingerprint density at radius 3 is 2.48 bits per heavy atom. The van der Waals surface area contributed by atoms with E-state index in [2.05, 4.69) is 49.2 Å². The maximum absolute atomic E-state index is 3.77. The van der Waals surface area contributed by atoms with Gasteiger partial charge in [-0.05, 0) is 70.0 Å². The fourth-order valence-corrected chi connectivity index (χ4v) is 3.64. The molecule has 0 aromatic heterocycles. The molecule has 1 aromatic carbocycles. The first kappa shape index (κ1) is 15.1. The molecule has 2 fully saturated rings. The second-order valence-corrected chi connectivity index (χ2v) is 7.20. The summed E-state index contributed by atoms with van der Waals surface area (Å²) in [6.07, 6.45) is 5.52. The minimum atomic E-state index is 0.551. The number of benzene rings is 1. The van der Waals surface area contributed by atoms with Gasteiger partial charge in [-0.1, -0.05) is 23.8 Å². The van der Waals surface area contributed by atoms with E-state index in [4.69, 9.17) is 0 Å². The van der Waals surface area contributed by atoms with Crippen LogP contribution in [0, 0.1) is 19.8 Å². The number of likely N-dealkylation sites (tertiary alicyclic amines) is 1. The molecule has 0 bridgehead atoms. The highest BCUT2D eigenvalue weighted by Gasteiger charge is 2.26. The molecule has 1 aliphatic carbocycles. The highest BCUT2D eigenvalue weighted by Crippen LogP contribution is 2.29. The quantitative estimate of drug-likeness (QED) is 0.885. The monoisotopic (exact) mass is 286 g/mol. The number of nitrogens with zero attached hydrogens (tertiary/aromatic N) is 1. The third kappa shape index (κ3) is 3.87. The maximum atomic E-state index is 3.77. The zero-order chi connectivity index (χ0) is 14.8. The number of hydrogen-bond donors (Lipinski definition) is 1. The fraction of sp³-hybridized carbons (Fsp3) is 0.684. The number of hydrogen-bond acceptors (Lipinski definition) is 2. The third-order valence-electron chi connectivity index (χ3n) is 5.34.